The van der Waals surface area contributed by atoms with Crippen LogP contribution >= 0.6 is 22.7 Å². The lowest BCUT2D eigenvalue weighted by Crippen LogP contribution is -1.90. The minimum atomic E-state index is 0.281. The Balaban J connectivity index is 1.84. The third-order valence-corrected chi connectivity index (χ3v) is 4.49. The maximum Gasteiger partial charge on any atom is 0.0897 e. The predicted molar refractivity (Wildman–Crippen MR) is 74.0 cm³/mol. The van der Waals surface area contributed by atoms with Crippen LogP contribution in [0.5, 0.6) is 0 Å². The van der Waals surface area contributed by atoms with E-state index in [1.807, 2.05) is 18.3 Å². The molecule has 0 bridgehead atoms. The molecule has 0 saturated carbocycles. The molecule has 92 valence electrons. The van der Waals surface area contributed by atoms with E-state index in [4.69, 9.17) is 5.11 Å². The van der Waals surface area contributed by atoms with Gasteiger partial charge in [0.2, 0.25) is 0 Å². The van der Waals surface area contributed by atoms with Crippen LogP contribution < -0.4 is 0 Å². The van der Waals surface area contributed by atoms with Crippen molar-refractivity contribution in [2.24, 2.45) is 0 Å². The monoisotopic (exact) mass is 267 g/mol. The summed E-state index contributed by atoms with van der Waals surface area (Å²) < 4.78 is 0. The van der Waals surface area contributed by atoms with E-state index in [0.29, 0.717) is 0 Å². The third kappa shape index (κ3) is 3.91. The molecule has 0 amide bonds. The second-order valence-corrected chi connectivity index (χ2v) is 6.16. The number of aliphatic hydroxyl groups is 1. The van der Waals surface area contributed by atoms with Crippen molar-refractivity contribution in [3.05, 3.63) is 38.0 Å². The molecule has 2 rings (SSSR count). The molecule has 1 N–H and O–H groups in total. The van der Waals surface area contributed by atoms with Crippen molar-refractivity contribution in [3.8, 4) is 0 Å². The first-order valence-electron chi connectivity index (χ1n) is 5.86. The molecule has 0 unspecified atom stereocenters. The van der Waals surface area contributed by atoms with Gasteiger partial charge in [0.25, 0.3) is 0 Å². The number of rotatable bonds is 6. The average Bonchev–Trinajstić information content (AvgIpc) is 2.93. The Morgan fingerprint density at radius 1 is 1.18 bits per heavy atom. The molecule has 4 heteroatoms. The van der Waals surface area contributed by atoms with Crippen molar-refractivity contribution in [1.82, 2.24) is 4.98 Å². The van der Waals surface area contributed by atoms with Gasteiger partial charge in [0.15, 0.2) is 0 Å². The van der Waals surface area contributed by atoms with Crippen molar-refractivity contribution in [3.63, 3.8) is 0 Å². The van der Waals surface area contributed by atoms with E-state index in [-0.39, 0.29) is 6.61 Å². The number of hydrogen-bond donors (Lipinski definition) is 1. The van der Waals surface area contributed by atoms with Gasteiger partial charge in [-0.25, -0.2) is 4.98 Å². The number of aryl methyl sites for hydroxylation is 4. The lowest BCUT2D eigenvalue weighted by Gasteiger charge is -1.94. The van der Waals surface area contributed by atoms with Crippen LogP contribution in [-0.4, -0.2) is 16.7 Å². The molecule has 2 aromatic rings. The van der Waals surface area contributed by atoms with Gasteiger partial charge < -0.3 is 5.11 Å². The Labute approximate surface area is 110 Å². The minimum absolute atomic E-state index is 0.281. The fraction of sp³-hybridized carbons (Fsp3) is 0.462. The van der Waals surface area contributed by atoms with Gasteiger partial charge in [-0.1, -0.05) is 0 Å². The molecule has 0 aliphatic carbocycles. The molecule has 0 radical (unpaired) electrons. The quantitative estimate of drug-likeness (QED) is 0.871. The third-order valence-electron chi connectivity index (χ3n) is 2.63. The Morgan fingerprint density at radius 3 is 2.76 bits per heavy atom. The Hall–Kier alpha value is -0.710. The molecule has 17 heavy (non-hydrogen) atoms. The van der Waals surface area contributed by atoms with Gasteiger partial charge in [-0.15, -0.1) is 22.7 Å². The predicted octanol–water partition coefficient (Wildman–Crippen LogP) is 3.22. The molecule has 0 spiro atoms. The summed E-state index contributed by atoms with van der Waals surface area (Å²) in [6.45, 7) is 2.33. The number of thiazole rings is 1. The molecule has 0 aliphatic rings. The normalized spacial score (nSPS) is 10.9. The van der Waals surface area contributed by atoms with E-state index in [0.717, 1.165) is 30.7 Å². The number of aliphatic hydroxyl groups excluding tert-OH is 1. The highest BCUT2D eigenvalue weighted by molar-refractivity contribution is 7.10. The molecule has 0 saturated heterocycles. The molecule has 2 aromatic heterocycles. The van der Waals surface area contributed by atoms with Crippen LogP contribution in [0.2, 0.25) is 0 Å². The Bertz CT molecular complexity index is 461. The van der Waals surface area contributed by atoms with E-state index >= 15 is 0 Å². The van der Waals surface area contributed by atoms with Crippen LogP contribution in [0.3, 0.4) is 0 Å². The van der Waals surface area contributed by atoms with Crippen molar-refractivity contribution < 1.29 is 5.11 Å². The zero-order valence-corrected chi connectivity index (χ0v) is 11.6. The van der Waals surface area contributed by atoms with Crippen molar-refractivity contribution >= 4 is 22.7 Å². The van der Waals surface area contributed by atoms with Crippen molar-refractivity contribution in [1.29, 1.82) is 0 Å². The molecule has 0 atom stereocenters. The first-order valence-corrected chi connectivity index (χ1v) is 7.62. The molecule has 0 aromatic carbocycles. The van der Waals surface area contributed by atoms with Crippen molar-refractivity contribution in [2.75, 3.05) is 6.61 Å². The van der Waals surface area contributed by atoms with Gasteiger partial charge in [0.05, 0.1) is 10.7 Å². The lowest BCUT2D eigenvalue weighted by molar-refractivity contribution is 0.288. The topological polar surface area (TPSA) is 33.1 Å². The van der Waals surface area contributed by atoms with E-state index < -0.39 is 0 Å². The molecule has 2 heterocycles. The fourth-order valence-corrected chi connectivity index (χ4v) is 3.32. The van der Waals surface area contributed by atoms with E-state index in [2.05, 4.69) is 21.8 Å². The van der Waals surface area contributed by atoms with Gasteiger partial charge in [-0.2, -0.15) is 0 Å². The summed E-state index contributed by atoms with van der Waals surface area (Å²) in [5.74, 6) is 0. The van der Waals surface area contributed by atoms with Crippen LogP contribution in [-0.2, 0) is 19.3 Å². The number of hydrogen-bond acceptors (Lipinski definition) is 4. The first kappa shape index (κ1) is 12.7. The lowest BCUT2D eigenvalue weighted by atomic mass is 10.1. The second kappa shape index (κ2) is 6.28. The smallest absolute Gasteiger partial charge is 0.0897 e. The fourth-order valence-electron chi connectivity index (χ4n) is 1.75. The summed E-state index contributed by atoms with van der Waals surface area (Å²) in [4.78, 5) is 5.89. The van der Waals surface area contributed by atoms with Crippen molar-refractivity contribution in [2.45, 2.75) is 32.6 Å². The zero-order valence-electron chi connectivity index (χ0n) is 9.98. The highest BCUT2D eigenvalue weighted by Gasteiger charge is 2.03. The van der Waals surface area contributed by atoms with Crippen LogP contribution in [0.1, 0.15) is 27.6 Å². The Kier molecular flexibility index (Phi) is 4.71. The van der Waals surface area contributed by atoms with Crippen LogP contribution in [0.15, 0.2) is 16.8 Å². The molecule has 0 fully saturated rings. The number of thiophene rings is 1. The summed E-state index contributed by atoms with van der Waals surface area (Å²) in [6.07, 6.45) is 3.96. The zero-order chi connectivity index (χ0) is 12.1. The maximum atomic E-state index is 8.79. The first-order chi connectivity index (χ1) is 8.28. The van der Waals surface area contributed by atoms with Gasteiger partial charge in [-0.3, -0.25) is 0 Å². The van der Waals surface area contributed by atoms with Gasteiger partial charge in [0.1, 0.15) is 0 Å². The highest BCUT2D eigenvalue weighted by Crippen LogP contribution is 2.19. The summed E-state index contributed by atoms with van der Waals surface area (Å²) in [6, 6.07) is 2.26. The SMILES string of the molecule is Cc1nc(CCc2cc(CCCO)cs2)cs1. The van der Waals surface area contributed by atoms with Crippen LogP contribution in [0, 0.1) is 6.92 Å². The second-order valence-electron chi connectivity index (χ2n) is 4.11. The van der Waals surface area contributed by atoms with Gasteiger partial charge in [0, 0.05) is 16.9 Å². The van der Waals surface area contributed by atoms with Crippen LogP contribution in [0.4, 0.5) is 0 Å². The summed E-state index contributed by atoms with van der Waals surface area (Å²) in [5.41, 5.74) is 2.56. The van der Waals surface area contributed by atoms with E-state index in [1.165, 1.54) is 16.1 Å². The highest BCUT2D eigenvalue weighted by atomic mass is 32.1. The van der Waals surface area contributed by atoms with E-state index in [1.54, 1.807) is 11.3 Å². The molecule has 2 nitrogen and oxygen atoms in total. The standard InChI is InChI=1S/C13H17NOS2/c1-10-14-12(9-16-10)4-5-13-7-11(8-17-13)3-2-6-15/h7-9,15H,2-6H2,1H3. The molecular weight excluding hydrogens is 250 g/mol. The summed E-state index contributed by atoms with van der Waals surface area (Å²) in [7, 11) is 0. The minimum Gasteiger partial charge on any atom is -0.396 e. The largest absolute Gasteiger partial charge is 0.396 e. The average molecular weight is 267 g/mol. The number of nitrogens with zero attached hydrogens (tertiary/aromatic N) is 1. The molecular formula is C13H17NOS2. The summed E-state index contributed by atoms with van der Waals surface area (Å²) in [5, 5.41) is 14.3. The number of aromatic nitrogens is 1. The van der Waals surface area contributed by atoms with Gasteiger partial charge >= 0.3 is 0 Å². The van der Waals surface area contributed by atoms with Crippen LogP contribution in [0.25, 0.3) is 0 Å². The van der Waals surface area contributed by atoms with Gasteiger partial charge in [-0.05, 0) is 49.6 Å². The summed E-state index contributed by atoms with van der Waals surface area (Å²) >= 11 is 3.54. The Morgan fingerprint density at radius 2 is 2.06 bits per heavy atom. The van der Waals surface area contributed by atoms with E-state index in [9.17, 15) is 0 Å². The maximum absolute atomic E-state index is 8.79. The molecule has 0 aliphatic heterocycles.